The van der Waals surface area contributed by atoms with Crippen LogP contribution in [-0.4, -0.2) is 61.1 Å². The number of aliphatic imine (C=N–C) groups is 1. The molecule has 0 atom stereocenters. The SMILES string of the molecule is CCOc1ccc2nc(-c3cccc(OCC(=O)NC(C)(C)C)c3)nc(N/C(C=NCCOC)=C/N)c2c1. The third kappa shape index (κ3) is 8.45. The van der Waals surface area contributed by atoms with Crippen LogP contribution in [0.4, 0.5) is 5.82 Å². The minimum absolute atomic E-state index is 0.0978. The van der Waals surface area contributed by atoms with E-state index in [4.69, 9.17) is 29.9 Å². The highest BCUT2D eigenvalue weighted by atomic mass is 16.5. The number of amides is 1. The lowest BCUT2D eigenvalue weighted by Gasteiger charge is -2.20. The topological polar surface area (TPSA) is 133 Å². The number of benzene rings is 2. The minimum atomic E-state index is -0.335. The number of hydrogen-bond acceptors (Lipinski definition) is 9. The van der Waals surface area contributed by atoms with Gasteiger partial charge in [0.1, 0.15) is 17.3 Å². The summed E-state index contributed by atoms with van der Waals surface area (Å²) >= 11 is 0. The van der Waals surface area contributed by atoms with Gasteiger partial charge in [0.15, 0.2) is 12.4 Å². The summed E-state index contributed by atoms with van der Waals surface area (Å²) in [4.78, 5) is 26.1. The van der Waals surface area contributed by atoms with Crippen molar-refractivity contribution in [3.05, 3.63) is 54.4 Å². The van der Waals surface area contributed by atoms with Gasteiger partial charge in [0.25, 0.3) is 5.91 Å². The molecule has 202 valence electrons. The van der Waals surface area contributed by atoms with Crippen LogP contribution in [0.3, 0.4) is 0 Å². The second-order valence-corrected chi connectivity index (χ2v) is 9.40. The molecule has 10 heteroatoms. The van der Waals surface area contributed by atoms with E-state index in [1.54, 1.807) is 25.5 Å². The second kappa shape index (κ2) is 13.4. The van der Waals surface area contributed by atoms with Crippen molar-refractivity contribution in [3.63, 3.8) is 0 Å². The van der Waals surface area contributed by atoms with Crippen LogP contribution in [-0.2, 0) is 9.53 Å². The fourth-order valence-corrected chi connectivity index (χ4v) is 3.48. The number of hydrogen-bond donors (Lipinski definition) is 3. The van der Waals surface area contributed by atoms with Crippen LogP contribution < -0.4 is 25.8 Å². The van der Waals surface area contributed by atoms with Gasteiger partial charge in [-0.3, -0.25) is 9.79 Å². The summed E-state index contributed by atoms with van der Waals surface area (Å²) in [5.41, 5.74) is 7.53. The summed E-state index contributed by atoms with van der Waals surface area (Å²) in [6.45, 7) is 9.12. The Labute approximate surface area is 223 Å². The van der Waals surface area contributed by atoms with Crippen LogP contribution >= 0.6 is 0 Å². The van der Waals surface area contributed by atoms with Gasteiger partial charge in [-0.2, -0.15) is 0 Å². The Morgan fingerprint density at radius 1 is 1.11 bits per heavy atom. The molecule has 2 aromatic carbocycles. The molecule has 0 saturated carbocycles. The molecule has 0 aliphatic heterocycles. The van der Waals surface area contributed by atoms with E-state index in [2.05, 4.69) is 15.6 Å². The molecule has 38 heavy (non-hydrogen) atoms. The third-order valence-corrected chi connectivity index (χ3v) is 5.05. The zero-order valence-electron chi connectivity index (χ0n) is 22.6. The molecule has 10 nitrogen and oxygen atoms in total. The second-order valence-electron chi connectivity index (χ2n) is 9.40. The molecule has 0 unspecified atom stereocenters. The predicted octanol–water partition coefficient (Wildman–Crippen LogP) is 3.92. The summed E-state index contributed by atoms with van der Waals surface area (Å²) in [7, 11) is 1.62. The first kappa shape index (κ1) is 28.4. The first-order valence-electron chi connectivity index (χ1n) is 12.4. The molecule has 3 aromatic rings. The average molecular weight is 521 g/mol. The maximum atomic E-state index is 12.2. The minimum Gasteiger partial charge on any atom is -0.494 e. The Hall–Kier alpha value is -4.18. The van der Waals surface area contributed by atoms with Gasteiger partial charge in [-0.05, 0) is 58.0 Å². The number of carbonyl (C=O) groups is 1. The van der Waals surface area contributed by atoms with Gasteiger partial charge >= 0.3 is 0 Å². The predicted molar refractivity (Wildman–Crippen MR) is 151 cm³/mol. The molecule has 0 bridgehead atoms. The molecule has 0 fully saturated rings. The number of aromatic nitrogens is 2. The summed E-state index contributed by atoms with van der Waals surface area (Å²) in [6.07, 6.45) is 3.06. The van der Waals surface area contributed by atoms with Crippen LogP contribution in [0.25, 0.3) is 22.3 Å². The Bertz CT molecular complexity index is 1300. The van der Waals surface area contributed by atoms with E-state index in [1.807, 2.05) is 58.0 Å². The van der Waals surface area contributed by atoms with E-state index in [9.17, 15) is 4.79 Å². The molecule has 1 amide bonds. The van der Waals surface area contributed by atoms with Crippen LogP contribution in [0.5, 0.6) is 11.5 Å². The number of carbonyl (C=O) groups excluding carboxylic acids is 1. The largest absolute Gasteiger partial charge is 0.494 e. The lowest BCUT2D eigenvalue weighted by molar-refractivity contribution is -0.124. The number of fused-ring (bicyclic) bond motifs is 1. The van der Waals surface area contributed by atoms with E-state index >= 15 is 0 Å². The van der Waals surface area contributed by atoms with Crippen LogP contribution in [0.1, 0.15) is 27.7 Å². The number of anilines is 1. The van der Waals surface area contributed by atoms with Crippen molar-refractivity contribution < 1.29 is 19.0 Å². The first-order valence-corrected chi connectivity index (χ1v) is 12.4. The number of rotatable bonds is 12. The van der Waals surface area contributed by atoms with Crippen molar-refractivity contribution in [3.8, 4) is 22.9 Å². The molecule has 3 rings (SSSR count). The van der Waals surface area contributed by atoms with Crippen molar-refractivity contribution in [2.75, 3.05) is 38.8 Å². The summed E-state index contributed by atoms with van der Waals surface area (Å²) in [5, 5.41) is 6.90. The van der Waals surface area contributed by atoms with Crippen molar-refractivity contribution in [1.29, 1.82) is 0 Å². The smallest absolute Gasteiger partial charge is 0.258 e. The molecule has 0 aliphatic carbocycles. The fourth-order valence-electron chi connectivity index (χ4n) is 3.48. The normalized spacial score (nSPS) is 12.1. The van der Waals surface area contributed by atoms with Crippen molar-refractivity contribution >= 4 is 28.8 Å². The zero-order valence-corrected chi connectivity index (χ0v) is 22.6. The van der Waals surface area contributed by atoms with Gasteiger partial charge in [-0.25, -0.2) is 9.97 Å². The van der Waals surface area contributed by atoms with Gasteiger partial charge in [0.2, 0.25) is 0 Å². The van der Waals surface area contributed by atoms with E-state index in [0.29, 0.717) is 54.1 Å². The highest BCUT2D eigenvalue weighted by Gasteiger charge is 2.15. The van der Waals surface area contributed by atoms with Gasteiger partial charge < -0.3 is 30.6 Å². The first-order chi connectivity index (χ1) is 18.2. The number of nitrogens with one attached hydrogen (secondary N) is 2. The molecule has 0 saturated heterocycles. The maximum absolute atomic E-state index is 12.2. The lowest BCUT2D eigenvalue weighted by atomic mass is 10.1. The van der Waals surface area contributed by atoms with Crippen molar-refractivity contribution in [1.82, 2.24) is 15.3 Å². The molecular formula is C28H36N6O4. The fraction of sp³-hybridized carbons (Fsp3) is 0.357. The molecule has 0 spiro atoms. The Kier molecular flexibility index (Phi) is 10.0. The van der Waals surface area contributed by atoms with E-state index in [0.717, 1.165) is 10.9 Å². The zero-order chi connectivity index (χ0) is 27.5. The maximum Gasteiger partial charge on any atom is 0.258 e. The highest BCUT2D eigenvalue weighted by molar-refractivity contribution is 5.95. The monoisotopic (exact) mass is 520 g/mol. The third-order valence-electron chi connectivity index (χ3n) is 5.05. The van der Waals surface area contributed by atoms with Gasteiger partial charge in [-0.15, -0.1) is 0 Å². The standard InChI is InChI=1S/C28H36N6O4/c1-6-37-22-10-11-24-23(15-22)27(31-20(16-29)17-30-12-13-36-5)33-26(32-24)19-8-7-9-21(14-19)38-18-25(35)34-28(2,3)4/h7-11,14-17H,6,12-13,18,29H2,1-5H3,(H,34,35)(H,31,32,33)/b20-16+,30-17?. The van der Waals surface area contributed by atoms with Crippen LogP contribution in [0, 0.1) is 0 Å². The molecule has 0 aliphatic rings. The summed E-state index contributed by atoms with van der Waals surface area (Å²) in [5.74, 6) is 2.05. The van der Waals surface area contributed by atoms with E-state index in [1.165, 1.54) is 6.20 Å². The molecule has 4 N–H and O–H groups in total. The Morgan fingerprint density at radius 2 is 1.89 bits per heavy atom. The summed E-state index contributed by atoms with van der Waals surface area (Å²) in [6, 6.07) is 12.9. The number of allylic oxidation sites excluding steroid dienone is 1. The van der Waals surface area contributed by atoms with E-state index < -0.39 is 0 Å². The average Bonchev–Trinajstić information content (AvgIpc) is 2.88. The summed E-state index contributed by atoms with van der Waals surface area (Å²) < 4.78 is 16.5. The molecule has 1 heterocycles. The molecule has 0 radical (unpaired) electrons. The number of nitrogens with zero attached hydrogens (tertiary/aromatic N) is 3. The lowest BCUT2D eigenvalue weighted by Crippen LogP contribution is -2.43. The molecular weight excluding hydrogens is 484 g/mol. The highest BCUT2D eigenvalue weighted by Crippen LogP contribution is 2.30. The Balaban J connectivity index is 1.94. The van der Waals surface area contributed by atoms with Gasteiger partial charge in [0.05, 0.1) is 31.0 Å². The number of ether oxygens (including phenoxy) is 3. The van der Waals surface area contributed by atoms with Crippen molar-refractivity contribution in [2.24, 2.45) is 10.7 Å². The van der Waals surface area contributed by atoms with Crippen LogP contribution in [0.15, 0.2) is 59.4 Å². The Morgan fingerprint density at radius 3 is 2.61 bits per heavy atom. The number of methoxy groups -OCH3 is 1. The van der Waals surface area contributed by atoms with Gasteiger partial charge in [-0.1, -0.05) is 12.1 Å². The van der Waals surface area contributed by atoms with Crippen molar-refractivity contribution in [2.45, 2.75) is 33.2 Å². The van der Waals surface area contributed by atoms with Crippen LogP contribution in [0.2, 0.25) is 0 Å². The number of nitrogens with two attached hydrogens (primary N) is 1. The van der Waals surface area contributed by atoms with E-state index in [-0.39, 0.29) is 18.1 Å². The molecule has 1 aromatic heterocycles. The van der Waals surface area contributed by atoms with Gasteiger partial charge in [0, 0.05) is 36.0 Å². The quantitative estimate of drug-likeness (QED) is 0.242.